The molecular formula is C13H9F3O3. The van der Waals surface area contributed by atoms with Crippen LogP contribution in [0.2, 0.25) is 0 Å². The average Bonchev–Trinajstić information content (AvgIpc) is 2.35. The summed E-state index contributed by atoms with van der Waals surface area (Å²) in [7, 11) is 0. The lowest BCUT2D eigenvalue weighted by atomic mass is 10.0. The van der Waals surface area contributed by atoms with E-state index in [1.807, 2.05) is 5.92 Å². The molecule has 0 heterocycles. The van der Waals surface area contributed by atoms with Gasteiger partial charge in [-0.25, -0.2) is 4.79 Å². The molecule has 100 valence electrons. The number of ether oxygens (including phenoxy) is 1. The van der Waals surface area contributed by atoms with E-state index in [2.05, 4.69) is 10.7 Å². The Morgan fingerprint density at radius 1 is 1.42 bits per heavy atom. The Hall–Kier alpha value is -2.29. The molecule has 6 heteroatoms. The van der Waals surface area contributed by atoms with E-state index in [-0.39, 0.29) is 17.7 Å². The van der Waals surface area contributed by atoms with Crippen molar-refractivity contribution in [2.75, 3.05) is 6.61 Å². The number of carbonyl (C=O) groups is 2. The summed E-state index contributed by atoms with van der Waals surface area (Å²) in [6.07, 6.45) is -4.35. The molecule has 1 rings (SSSR count). The van der Waals surface area contributed by atoms with E-state index in [9.17, 15) is 22.8 Å². The molecule has 0 unspecified atom stereocenters. The van der Waals surface area contributed by atoms with Gasteiger partial charge in [-0.1, -0.05) is 12.0 Å². The van der Waals surface area contributed by atoms with Crippen LogP contribution in [0.25, 0.3) is 0 Å². The first-order valence-electron chi connectivity index (χ1n) is 5.23. The third-order valence-corrected chi connectivity index (χ3v) is 2.06. The first-order chi connectivity index (χ1) is 8.88. The molecule has 0 spiro atoms. The van der Waals surface area contributed by atoms with Crippen LogP contribution in [-0.4, -0.2) is 18.9 Å². The highest BCUT2D eigenvalue weighted by atomic mass is 19.4. The lowest BCUT2D eigenvalue weighted by molar-refractivity contribution is -0.138. The summed E-state index contributed by atoms with van der Waals surface area (Å²) in [5.41, 5.74) is -1.56. The molecule has 3 nitrogen and oxygen atoms in total. The number of carbonyl (C=O) groups excluding carboxylic acids is 2. The molecule has 0 aliphatic rings. The zero-order valence-corrected chi connectivity index (χ0v) is 9.88. The topological polar surface area (TPSA) is 43.4 Å². The van der Waals surface area contributed by atoms with Crippen molar-refractivity contribution in [2.24, 2.45) is 0 Å². The molecule has 0 saturated carbocycles. The van der Waals surface area contributed by atoms with Gasteiger partial charge in [-0.15, -0.1) is 0 Å². The van der Waals surface area contributed by atoms with E-state index >= 15 is 0 Å². The predicted octanol–water partition coefficient (Wildman–Crippen LogP) is 2.43. The number of esters is 1. The van der Waals surface area contributed by atoms with Crippen molar-refractivity contribution in [2.45, 2.75) is 13.1 Å². The van der Waals surface area contributed by atoms with Gasteiger partial charge < -0.3 is 4.74 Å². The molecule has 0 saturated heterocycles. The van der Waals surface area contributed by atoms with Crippen molar-refractivity contribution in [3.05, 3.63) is 34.9 Å². The summed E-state index contributed by atoms with van der Waals surface area (Å²) < 4.78 is 42.7. The summed E-state index contributed by atoms with van der Waals surface area (Å²) in [5.74, 6) is 3.14. The third kappa shape index (κ3) is 4.14. The van der Waals surface area contributed by atoms with E-state index in [1.54, 1.807) is 6.92 Å². The fourth-order valence-corrected chi connectivity index (χ4v) is 1.26. The normalized spacial score (nSPS) is 10.3. The van der Waals surface area contributed by atoms with Crippen LogP contribution < -0.4 is 0 Å². The molecule has 0 bridgehead atoms. The number of hydrogen-bond acceptors (Lipinski definition) is 3. The molecule has 0 atom stereocenters. The van der Waals surface area contributed by atoms with Crippen LogP contribution in [0.15, 0.2) is 18.2 Å². The second-order valence-corrected chi connectivity index (χ2v) is 3.39. The van der Waals surface area contributed by atoms with Gasteiger partial charge in [0.15, 0.2) is 0 Å². The SMILES string of the molecule is CCOC(=O)C#Cc1ccc(C=O)cc1C(F)(F)F. The number of aldehydes is 1. The number of rotatable bonds is 2. The quantitative estimate of drug-likeness (QED) is 0.471. The first-order valence-corrected chi connectivity index (χ1v) is 5.23. The monoisotopic (exact) mass is 270 g/mol. The van der Waals surface area contributed by atoms with Crippen LogP contribution in [0.5, 0.6) is 0 Å². The highest BCUT2D eigenvalue weighted by Gasteiger charge is 2.33. The van der Waals surface area contributed by atoms with Crippen LogP contribution in [0.4, 0.5) is 13.2 Å². The highest BCUT2D eigenvalue weighted by Crippen LogP contribution is 2.32. The lowest BCUT2D eigenvalue weighted by Crippen LogP contribution is -2.09. The third-order valence-electron chi connectivity index (χ3n) is 2.06. The summed E-state index contributed by atoms with van der Waals surface area (Å²) >= 11 is 0. The second kappa shape index (κ2) is 6.05. The molecular weight excluding hydrogens is 261 g/mol. The zero-order chi connectivity index (χ0) is 14.5. The Morgan fingerprint density at radius 2 is 2.11 bits per heavy atom. The van der Waals surface area contributed by atoms with Gasteiger partial charge in [0.1, 0.15) is 6.29 Å². The predicted molar refractivity (Wildman–Crippen MR) is 60.3 cm³/mol. The maximum Gasteiger partial charge on any atom is 0.417 e. The molecule has 0 fully saturated rings. The Balaban J connectivity index is 3.20. The van der Waals surface area contributed by atoms with Gasteiger partial charge in [-0.05, 0) is 19.1 Å². The van der Waals surface area contributed by atoms with Crippen LogP contribution in [0.1, 0.15) is 28.4 Å². The highest BCUT2D eigenvalue weighted by molar-refractivity contribution is 5.89. The van der Waals surface area contributed by atoms with E-state index in [0.29, 0.717) is 12.4 Å². The maximum atomic E-state index is 12.7. The van der Waals surface area contributed by atoms with Crippen molar-refractivity contribution in [3.8, 4) is 11.8 Å². The van der Waals surface area contributed by atoms with Gasteiger partial charge in [0.05, 0.1) is 12.2 Å². The maximum absolute atomic E-state index is 12.7. The van der Waals surface area contributed by atoms with Gasteiger partial charge in [0, 0.05) is 17.0 Å². The largest absolute Gasteiger partial charge is 0.456 e. The van der Waals surface area contributed by atoms with Gasteiger partial charge >= 0.3 is 12.1 Å². The van der Waals surface area contributed by atoms with Crippen molar-refractivity contribution >= 4 is 12.3 Å². The minimum atomic E-state index is -4.66. The molecule has 0 aromatic heterocycles. The molecule has 1 aromatic rings. The van der Waals surface area contributed by atoms with E-state index < -0.39 is 17.7 Å². The van der Waals surface area contributed by atoms with Crippen LogP contribution >= 0.6 is 0 Å². The van der Waals surface area contributed by atoms with Crippen LogP contribution in [0, 0.1) is 11.8 Å². The molecule has 19 heavy (non-hydrogen) atoms. The van der Waals surface area contributed by atoms with E-state index in [1.165, 1.54) is 6.07 Å². The van der Waals surface area contributed by atoms with Crippen molar-refractivity contribution in [1.82, 2.24) is 0 Å². The fraction of sp³-hybridized carbons (Fsp3) is 0.231. The van der Waals surface area contributed by atoms with E-state index in [0.717, 1.165) is 6.07 Å². The molecule has 0 aliphatic carbocycles. The number of halogens is 3. The van der Waals surface area contributed by atoms with Gasteiger partial charge in [-0.2, -0.15) is 13.2 Å². The average molecular weight is 270 g/mol. The van der Waals surface area contributed by atoms with Gasteiger partial charge in [-0.3, -0.25) is 4.79 Å². The second-order valence-electron chi connectivity index (χ2n) is 3.39. The van der Waals surface area contributed by atoms with Gasteiger partial charge in [0.2, 0.25) is 0 Å². The first kappa shape index (κ1) is 14.8. The zero-order valence-electron chi connectivity index (χ0n) is 9.88. The Kier molecular flexibility index (Phi) is 4.70. The van der Waals surface area contributed by atoms with Gasteiger partial charge in [0.25, 0.3) is 0 Å². The number of alkyl halides is 3. The summed E-state index contributed by atoms with van der Waals surface area (Å²) in [5, 5.41) is 0. The van der Waals surface area contributed by atoms with Crippen LogP contribution in [-0.2, 0) is 15.7 Å². The smallest absolute Gasteiger partial charge is 0.417 e. The Labute approximate surface area is 107 Å². The molecule has 0 radical (unpaired) electrons. The van der Waals surface area contributed by atoms with E-state index in [4.69, 9.17) is 0 Å². The minimum Gasteiger partial charge on any atom is -0.456 e. The van der Waals surface area contributed by atoms with Crippen molar-refractivity contribution < 1.29 is 27.5 Å². The van der Waals surface area contributed by atoms with Crippen LogP contribution in [0.3, 0.4) is 0 Å². The number of hydrogen-bond donors (Lipinski definition) is 0. The summed E-state index contributed by atoms with van der Waals surface area (Å²) in [6.45, 7) is 1.64. The number of benzene rings is 1. The van der Waals surface area contributed by atoms with Crippen molar-refractivity contribution in [3.63, 3.8) is 0 Å². The standard InChI is InChI=1S/C13H9F3O3/c1-2-19-12(18)6-5-10-4-3-9(8-17)7-11(10)13(14,15)16/h3-4,7-8H,2H2,1H3. The molecule has 0 N–H and O–H groups in total. The van der Waals surface area contributed by atoms with Crippen molar-refractivity contribution in [1.29, 1.82) is 0 Å². The lowest BCUT2D eigenvalue weighted by Gasteiger charge is -2.09. The molecule has 1 aromatic carbocycles. The minimum absolute atomic E-state index is 0.0870. The Bertz CT molecular complexity index is 550. The molecule has 0 amide bonds. The summed E-state index contributed by atoms with van der Waals surface area (Å²) in [4.78, 5) is 21.4. The molecule has 0 aliphatic heterocycles. The summed E-state index contributed by atoms with van der Waals surface area (Å²) in [6, 6.07) is 2.92. The fourth-order valence-electron chi connectivity index (χ4n) is 1.26. The Morgan fingerprint density at radius 3 is 2.63 bits per heavy atom.